The summed E-state index contributed by atoms with van der Waals surface area (Å²) in [6.45, 7) is 4.13. The van der Waals surface area contributed by atoms with Crippen LogP contribution in [0.1, 0.15) is 19.4 Å². The molecule has 1 rings (SSSR count). The van der Waals surface area contributed by atoms with E-state index in [1.807, 2.05) is 6.92 Å². The molecule has 0 spiro atoms. The van der Waals surface area contributed by atoms with Crippen molar-refractivity contribution in [3.05, 3.63) is 29.8 Å². The van der Waals surface area contributed by atoms with E-state index in [1.165, 1.54) is 0 Å². The van der Waals surface area contributed by atoms with Crippen LogP contribution in [0.3, 0.4) is 0 Å². The second-order valence-electron chi connectivity index (χ2n) is 3.69. The number of ether oxygens (including phenoxy) is 1. The van der Waals surface area contributed by atoms with Gasteiger partial charge >= 0.3 is 5.97 Å². The van der Waals surface area contributed by atoms with Crippen LogP contribution in [0, 0.1) is 0 Å². The minimum atomic E-state index is -1.05. The fraction of sp³-hybridized carbons (Fsp3) is 0.417. The van der Waals surface area contributed by atoms with Gasteiger partial charge in [-0.25, -0.2) is 4.79 Å². The summed E-state index contributed by atoms with van der Waals surface area (Å²) in [5.74, 6) is -0.174. The molecule has 2 N–H and O–H groups in total. The van der Waals surface area contributed by atoms with Crippen LogP contribution >= 0.6 is 0 Å². The molecule has 0 aliphatic carbocycles. The largest absolute Gasteiger partial charge is 0.497 e. The summed E-state index contributed by atoms with van der Waals surface area (Å²) in [4.78, 5) is 11.3. The summed E-state index contributed by atoms with van der Waals surface area (Å²) in [5, 5.41) is 12.2. The molecular formula is C12H17NO3. The van der Waals surface area contributed by atoms with E-state index < -0.39 is 11.5 Å². The number of carbonyl (C=O) groups is 1. The maximum atomic E-state index is 11.3. The van der Waals surface area contributed by atoms with Gasteiger partial charge in [0.1, 0.15) is 11.3 Å². The first-order valence-corrected chi connectivity index (χ1v) is 5.17. The Hall–Kier alpha value is -1.55. The summed E-state index contributed by atoms with van der Waals surface area (Å²) < 4.78 is 5.03. The van der Waals surface area contributed by atoms with E-state index in [1.54, 1.807) is 38.3 Å². The van der Waals surface area contributed by atoms with Crippen molar-refractivity contribution in [1.29, 1.82) is 0 Å². The van der Waals surface area contributed by atoms with E-state index in [4.69, 9.17) is 4.74 Å². The smallest absolute Gasteiger partial charge is 0.328 e. The summed E-state index contributed by atoms with van der Waals surface area (Å²) in [6, 6.07) is 7.03. The second kappa shape index (κ2) is 4.99. The topological polar surface area (TPSA) is 58.6 Å². The van der Waals surface area contributed by atoms with Crippen molar-refractivity contribution in [1.82, 2.24) is 5.32 Å². The molecule has 88 valence electrons. The molecule has 0 saturated heterocycles. The van der Waals surface area contributed by atoms with Crippen molar-refractivity contribution in [2.75, 3.05) is 13.7 Å². The van der Waals surface area contributed by atoms with Gasteiger partial charge < -0.3 is 9.84 Å². The van der Waals surface area contributed by atoms with Gasteiger partial charge in [-0.1, -0.05) is 19.1 Å². The highest BCUT2D eigenvalue weighted by Crippen LogP contribution is 2.23. The molecule has 0 fully saturated rings. The Morgan fingerprint density at radius 1 is 1.44 bits per heavy atom. The molecule has 0 aliphatic rings. The SMILES string of the molecule is CCN[C@@](C)(C(=O)O)c1ccc(OC)cc1. The minimum absolute atomic E-state index is 0.592. The minimum Gasteiger partial charge on any atom is -0.497 e. The Balaban J connectivity index is 3.06. The molecule has 4 heteroatoms. The van der Waals surface area contributed by atoms with Gasteiger partial charge in [0.15, 0.2) is 0 Å². The van der Waals surface area contributed by atoms with Crippen molar-refractivity contribution in [3.63, 3.8) is 0 Å². The van der Waals surface area contributed by atoms with Crippen LogP contribution in [0.25, 0.3) is 0 Å². The number of benzene rings is 1. The third-order valence-electron chi connectivity index (χ3n) is 2.63. The zero-order valence-corrected chi connectivity index (χ0v) is 9.78. The number of hydrogen-bond donors (Lipinski definition) is 2. The fourth-order valence-electron chi connectivity index (χ4n) is 1.58. The van der Waals surface area contributed by atoms with Crippen LogP contribution in [0.15, 0.2) is 24.3 Å². The Labute approximate surface area is 95.2 Å². The maximum Gasteiger partial charge on any atom is 0.328 e. The van der Waals surface area contributed by atoms with Gasteiger partial charge in [0.2, 0.25) is 0 Å². The average molecular weight is 223 g/mol. The molecule has 0 bridgehead atoms. The summed E-state index contributed by atoms with van der Waals surface area (Å²) in [5.41, 5.74) is -0.344. The van der Waals surface area contributed by atoms with Crippen LogP contribution < -0.4 is 10.1 Å². The summed E-state index contributed by atoms with van der Waals surface area (Å²) >= 11 is 0. The number of rotatable bonds is 5. The van der Waals surface area contributed by atoms with E-state index in [0.717, 1.165) is 0 Å². The molecule has 0 amide bonds. The molecule has 0 unspecified atom stereocenters. The highest BCUT2D eigenvalue weighted by atomic mass is 16.5. The third-order valence-corrected chi connectivity index (χ3v) is 2.63. The first kappa shape index (κ1) is 12.5. The quantitative estimate of drug-likeness (QED) is 0.796. The van der Waals surface area contributed by atoms with Crippen molar-refractivity contribution in [2.45, 2.75) is 19.4 Å². The molecule has 0 saturated carbocycles. The predicted molar refractivity (Wildman–Crippen MR) is 61.7 cm³/mol. The number of methoxy groups -OCH3 is 1. The van der Waals surface area contributed by atoms with Crippen molar-refractivity contribution < 1.29 is 14.6 Å². The molecule has 0 aromatic heterocycles. The van der Waals surface area contributed by atoms with E-state index in [0.29, 0.717) is 17.9 Å². The first-order valence-electron chi connectivity index (χ1n) is 5.17. The van der Waals surface area contributed by atoms with Gasteiger partial charge in [-0.15, -0.1) is 0 Å². The average Bonchev–Trinajstić information content (AvgIpc) is 2.29. The normalized spacial score (nSPS) is 14.2. The number of carboxylic acids is 1. The van der Waals surface area contributed by atoms with E-state index in [-0.39, 0.29) is 0 Å². The highest BCUT2D eigenvalue weighted by Gasteiger charge is 2.33. The zero-order chi connectivity index (χ0) is 12.2. The van der Waals surface area contributed by atoms with Crippen molar-refractivity contribution in [3.8, 4) is 5.75 Å². The number of nitrogens with one attached hydrogen (secondary N) is 1. The lowest BCUT2D eigenvalue weighted by Gasteiger charge is -2.26. The maximum absolute atomic E-state index is 11.3. The van der Waals surface area contributed by atoms with Crippen LogP contribution in [0.2, 0.25) is 0 Å². The van der Waals surface area contributed by atoms with Crippen LogP contribution in [0.4, 0.5) is 0 Å². The van der Waals surface area contributed by atoms with Gasteiger partial charge in [0, 0.05) is 0 Å². The molecule has 0 heterocycles. The third kappa shape index (κ3) is 2.33. The molecule has 4 nitrogen and oxygen atoms in total. The Kier molecular flexibility index (Phi) is 3.90. The standard InChI is InChI=1S/C12H17NO3/c1-4-13-12(2,11(14)15)9-5-7-10(16-3)8-6-9/h5-8,13H,4H2,1-3H3,(H,14,15)/t12-/m1/s1. The number of carboxylic acid groups (broad SMARTS) is 1. The van der Waals surface area contributed by atoms with Crippen molar-refractivity contribution >= 4 is 5.97 Å². The van der Waals surface area contributed by atoms with Crippen LogP contribution in [-0.4, -0.2) is 24.7 Å². The molecule has 1 atom stereocenters. The zero-order valence-electron chi connectivity index (χ0n) is 9.78. The molecule has 1 aromatic rings. The number of hydrogen-bond acceptors (Lipinski definition) is 3. The summed E-state index contributed by atoms with van der Waals surface area (Å²) in [7, 11) is 1.58. The van der Waals surface area contributed by atoms with Crippen molar-refractivity contribution in [2.24, 2.45) is 0 Å². The molecule has 0 aliphatic heterocycles. The Bertz CT molecular complexity index is 361. The van der Waals surface area contributed by atoms with Crippen LogP contribution in [0.5, 0.6) is 5.75 Å². The van der Waals surface area contributed by atoms with Gasteiger partial charge in [0.05, 0.1) is 7.11 Å². The molecular weight excluding hydrogens is 206 g/mol. The Morgan fingerprint density at radius 2 is 2.00 bits per heavy atom. The lowest BCUT2D eigenvalue weighted by atomic mass is 9.92. The van der Waals surface area contributed by atoms with Gasteiger partial charge in [0.25, 0.3) is 0 Å². The Morgan fingerprint density at radius 3 is 2.38 bits per heavy atom. The molecule has 0 radical (unpaired) electrons. The van der Waals surface area contributed by atoms with E-state index >= 15 is 0 Å². The van der Waals surface area contributed by atoms with Gasteiger partial charge in [-0.05, 0) is 31.2 Å². The molecule has 16 heavy (non-hydrogen) atoms. The lowest BCUT2D eigenvalue weighted by molar-refractivity contribution is -0.144. The molecule has 1 aromatic carbocycles. The second-order valence-corrected chi connectivity index (χ2v) is 3.69. The fourth-order valence-corrected chi connectivity index (χ4v) is 1.58. The summed E-state index contributed by atoms with van der Waals surface area (Å²) in [6.07, 6.45) is 0. The van der Waals surface area contributed by atoms with Gasteiger partial charge in [-0.2, -0.15) is 0 Å². The van der Waals surface area contributed by atoms with Gasteiger partial charge in [-0.3, -0.25) is 5.32 Å². The van der Waals surface area contributed by atoms with Crippen LogP contribution in [-0.2, 0) is 10.3 Å². The highest BCUT2D eigenvalue weighted by molar-refractivity contribution is 5.80. The lowest BCUT2D eigenvalue weighted by Crippen LogP contribution is -2.46. The van der Waals surface area contributed by atoms with E-state index in [2.05, 4.69) is 5.32 Å². The first-order chi connectivity index (χ1) is 7.54. The van der Waals surface area contributed by atoms with E-state index in [9.17, 15) is 9.90 Å². The monoisotopic (exact) mass is 223 g/mol. The number of aliphatic carboxylic acids is 1. The number of likely N-dealkylation sites (N-methyl/N-ethyl adjacent to an activating group) is 1. The predicted octanol–water partition coefficient (Wildman–Crippen LogP) is 1.60.